The Balaban J connectivity index is 1.91. The lowest BCUT2D eigenvalue weighted by atomic mass is 10.2. The maximum absolute atomic E-state index is 12.2. The number of ether oxygens (including phenoxy) is 1. The first-order valence-electron chi connectivity index (χ1n) is 7.17. The molecule has 2 rings (SSSR count). The molecule has 0 unspecified atom stereocenters. The zero-order valence-electron chi connectivity index (χ0n) is 13.0. The Labute approximate surface area is 130 Å². The summed E-state index contributed by atoms with van der Waals surface area (Å²) in [5.41, 5.74) is 2.17. The molecule has 0 amide bonds. The number of hydrogen-bond donors (Lipinski definition) is 2. The van der Waals surface area contributed by atoms with Gasteiger partial charge in [-0.2, -0.15) is 5.10 Å². The van der Waals surface area contributed by atoms with Crippen molar-refractivity contribution in [3.63, 3.8) is 0 Å². The Morgan fingerprint density at radius 3 is 2.73 bits per heavy atom. The van der Waals surface area contributed by atoms with Crippen molar-refractivity contribution in [2.75, 3.05) is 13.2 Å². The fourth-order valence-electron chi connectivity index (χ4n) is 2.21. The largest absolute Gasteiger partial charge is 0.492 e. The lowest BCUT2D eigenvalue weighted by Gasteiger charge is -2.09. The van der Waals surface area contributed by atoms with Crippen molar-refractivity contribution in [2.24, 2.45) is 0 Å². The van der Waals surface area contributed by atoms with E-state index in [2.05, 4.69) is 21.8 Å². The van der Waals surface area contributed by atoms with Crippen LogP contribution in [-0.4, -0.2) is 31.8 Å². The van der Waals surface area contributed by atoms with Crippen molar-refractivity contribution >= 4 is 10.0 Å². The van der Waals surface area contributed by atoms with Crippen LogP contribution < -0.4 is 9.46 Å². The SMILES string of the molecule is CCc1cccc(OCCNS(=O)(=O)c2c(C)n[nH]c2C)c1. The van der Waals surface area contributed by atoms with Crippen LogP contribution in [-0.2, 0) is 16.4 Å². The minimum atomic E-state index is -3.57. The molecular formula is C15H21N3O3S. The van der Waals surface area contributed by atoms with Gasteiger partial charge in [0.25, 0.3) is 0 Å². The molecule has 0 radical (unpaired) electrons. The summed E-state index contributed by atoms with van der Waals surface area (Å²) in [5, 5.41) is 6.57. The van der Waals surface area contributed by atoms with E-state index in [1.165, 1.54) is 5.56 Å². The molecule has 1 heterocycles. The number of sulfonamides is 1. The van der Waals surface area contributed by atoms with Crippen molar-refractivity contribution in [3.05, 3.63) is 41.2 Å². The van der Waals surface area contributed by atoms with Crippen LogP contribution in [0, 0.1) is 13.8 Å². The average Bonchev–Trinajstić information content (AvgIpc) is 2.83. The number of aromatic amines is 1. The average molecular weight is 323 g/mol. The van der Waals surface area contributed by atoms with Crippen molar-refractivity contribution in [1.82, 2.24) is 14.9 Å². The second kappa shape index (κ2) is 6.93. The molecule has 22 heavy (non-hydrogen) atoms. The number of aryl methyl sites for hydroxylation is 3. The van der Waals surface area contributed by atoms with Crippen LogP contribution in [0.5, 0.6) is 5.75 Å². The van der Waals surface area contributed by atoms with Crippen LogP contribution in [0.3, 0.4) is 0 Å². The molecule has 6 nitrogen and oxygen atoms in total. The van der Waals surface area contributed by atoms with Crippen LogP contribution in [0.1, 0.15) is 23.9 Å². The van der Waals surface area contributed by atoms with Gasteiger partial charge in [0.05, 0.1) is 11.4 Å². The number of nitrogens with one attached hydrogen (secondary N) is 2. The quantitative estimate of drug-likeness (QED) is 0.763. The number of benzene rings is 1. The topological polar surface area (TPSA) is 84.1 Å². The van der Waals surface area contributed by atoms with E-state index in [-0.39, 0.29) is 18.0 Å². The van der Waals surface area contributed by atoms with E-state index in [9.17, 15) is 8.42 Å². The summed E-state index contributed by atoms with van der Waals surface area (Å²) in [6, 6.07) is 7.77. The highest BCUT2D eigenvalue weighted by molar-refractivity contribution is 7.89. The minimum absolute atomic E-state index is 0.197. The van der Waals surface area contributed by atoms with E-state index >= 15 is 0 Å². The van der Waals surface area contributed by atoms with Crippen LogP contribution in [0.15, 0.2) is 29.2 Å². The summed E-state index contributed by atoms with van der Waals surface area (Å²) in [6.07, 6.45) is 0.933. The third-order valence-electron chi connectivity index (χ3n) is 3.30. The van der Waals surface area contributed by atoms with Gasteiger partial charge in [-0.25, -0.2) is 13.1 Å². The Hall–Kier alpha value is -1.86. The minimum Gasteiger partial charge on any atom is -0.492 e. The molecule has 120 valence electrons. The second-order valence-electron chi connectivity index (χ2n) is 5.01. The molecule has 0 saturated carbocycles. The Morgan fingerprint density at radius 2 is 2.09 bits per heavy atom. The van der Waals surface area contributed by atoms with E-state index in [0.717, 1.165) is 12.2 Å². The van der Waals surface area contributed by atoms with Crippen LogP contribution in [0.4, 0.5) is 0 Å². The zero-order valence-corrected chi connectivity index (χ0v) is 13.8. The molecule has 0 aliphatic carbocycles. The van der Waals surface area contributed by atoms with Gasteiger partial charge in [-0.1, -0.05) is 19.1 Å². The van der Waals surface area contributed by atoms with Crippen LogP contribution in [0.2, 0.25) is 0 Å². The molecular weight excluding hydrogens is 302 g/mol. The molecule has 7 heteroatoms. The van der Waals surface area contributed by atoms with E-state index in [1.54, 1.807) is 13.8 Å². The fourth-order valence-corrected chi connectivity index (χ4v) is 3.59. The maximum Gasteiger partial charge on any atom is 0.244 e. The van der Waals surface area contributed by atoms with Gasteiger partial charge in [-0.15, -0.1) is 0 Å². The molecule has 0 atom stereocenters. The summed E-state index contributed by atoms with van der Waals surface area (Å²) >= 11 is 0. The number of rotatable bonds is 7. The van der Waals surface area contributed by atoms with E-state index in [1.807, 2.05) is 24.3 Å². The highest BCUT2D eigenvalue weighted by atomic mass is 32.2. The molecule has 2 aromatic rings. The lowest BCUT2D eigenvalue weighted by molar-refractivity contribution is 0.322. The standard InChI is InChI=1S/C15H21N3O3S/c1-4-13-6-5-7-14(10-13)21-9-8-16-22(19,20)15-11(2)17-18-12(15)3/h5-7,10,16H,4,8-9H2,1-3H3,(H,17,18). The summed E-state index contributed by atoms with van der Waals surface area (Å²) in [7, 11) is -3.57. The Morgan fingerprint density at radius 1 is 1.32 bits per heavy atom. The van der Waals surface area contributed by atoms with Crippen molar-refractivity contribution in [3.8, 4) is 5.75 Å². The third-order valence-corrected chi connectivity index (χ3v) is 5.02. The van der Waals surface area contributed by atoms with Gasteiger partial charge in [0.1, 0.15) is 17.3 Å². The number of hydrogen-bond acceptors (Lipinski definition) is 4. The van der Waals surface area contributed by atoms with E-state index in [4.69, 9.17) is 4.74 Å². The van der Waals surface area contributed by atoms with Gasteiger partial charge in [-0.05, 0) is 38.0 Å². The summed E-state index contributed by atoms with van der Waals surface area (Å²) < 4.78 is 32.5. The van der Waals surface area contributed by atoms with Gasteiger partial charge < -0.3 is 4.74 Å². The van der Waals surface area contributed by atoms with E-state index < -0.39 is 10.0 Å². The normalized spacial score (nSPS) is 11.6. The summed E-state index contributed by atoms with van der Waals surface area (Å²) in [6.45, 7) is 5.88. The first-order valence-corrected chi connectivity index (χ1v) is 8.65. The summed E-state index contributed by atoms with van der Waals surface area (Å²) in [5.74, 6) is 0.745. The molecule has 1 aromatic carbocycles. The number of nitrogens with zero attached hydrogens (tertiary/aromatic N) is 1. The van der Waals surface area contributed by atoms with Gasteiger partial charge in [0.2, 0.25) is 10.0 Å². The van der Waals surface area contributed by atoms with Crippen molar-refractivity contribution < 1.29 is 13.2 Å². The van der Waals surface area contributed by atoms with Crippen LogP contribution in [0.25, 0.3) is 0 Å². The van der Waals surface area contributed by atoms with Gasteiger partial charge in [0.15, 0.2) is 0 Å². The van der Waals surface area contributed by atoms with Gasteiger partial charge >= 0.3 is 0 Å². The second-order valence-corrected chi connectivity index (χ2v) is 6.71. The molecule has 0 aliphatic rings. The van der Waals surface area contributed by atoms with Crippen molar-refractivity contribution in [1.29, 1.82) is 0 Å². The summed E-state index contributed by atoms with van der Waals surface area (Å²) in [4.78, 5) is 0.209. The van der Waals surface area contributed by atoms with Gasteiger partial charge in [-0.3, -0.25) is 5.10 Å². The number of aromatic nitrogens is 2. The number of H-pyrrole nitrogens is 1. The zero-order chi connectivity index (χ0) is 16.2. The first kappa shape index (κ1) is 16.5. The predicted molar refractivity (Wildman–Crippen MR) is 84.6 cm³/mol. The molecule has 1 aromatic heterocycles. The molecule has 0 fully saturated rings. The predicted octanol–water partition coefficient (Wildman–Crippen LogP) is 1.95. The highest BCUT2D eigenvalue weighted by Crippen LogP contribution is 2.16. The molecule has 0 spiro atoms. The lowest BCUT2D eigenvalue weighted by Crippen LogP contribution is -2.29. The van der Waals surface area contributed by atoms with Crippen molar-refractivity contribution in [2.45, 2.75) is 32.1 Å². The molecule has 2 N–H and O–H groups in total. The third kappa shape index (κ3) is 3.86. The van der Waals surface area contributed by atoms with Gasteiger partial charge in [0, 0.05) is 6.54 Å². The molecule has 0 aliphatic heterocycles. The van der Waals surface area contributed by atoms with Crippen LogP contribution >= 0.6 is 0 Å². The fraction of sp³-hybridized carbons (Fsp3) is 0.400. The Kier molecular flexibility index (Phi) is 5.20. The van der Waals surface area contributed by atoms with E-state index in [0.29, 0.717) is 11.4 Å². The smallest absolute Gasteiger partial charge is 0.244 e. The molecule has 0 bridgehead atoms. The molecule has 0 saturated heterocycles. The Bertz CT molecular complexity index is 719. The first-order chi connectivity index (χ1) is 10.4. The highest BCUT2D eigenvalue weighted by Gasteiger charge is 2.21. The maximum atomic E-state index is 12.2. The monoisotopic (exact) mass is 323 g/mol.